The lowest BCUT2D eigenvalue weighted by atomic mass is 10.1. The minimum absolute atomic E-state index is 0.0112. The maximum absolute atomic E-state index is 13.4. The van der Waals surface area contributed by atoms with Crippen molar-refractivity contribution in [3.8, 4) is 11.5 Å². The number of carbonyl (C=O) groups is 1. The number of nitrogens with zero attached hydrogens (tertiary/aromatic N) is 3. The molecule has 1 aliphatic heterocycles. The molecule has 34 heavy (non-hydrogen) atoms. The summed E-state index contributed by atoms with van der Waals surface area (Å²) < 4.78 is 27.2. The number of para-hydroxylation sites is 4. The van der Waals surface area contributed by atoms with Gasteiger partial charge in [-0.05, 0) is 55.5 Å². The molecule has 1 fully saturated rings. The van der Waals surface area contributed by atoms with Crippen LogP contribution >= 0.6 is 0 Å². The number of amides is 1. The summed E-state index contributed by atoms with van der Waals surface area (Å²) in [5, 5.41) is 0. The van der Waals surface area contributed by atoms with Crippen molar-refractivity contribution in [3.63, 3.8) is 0 Å². The van der Waals surface area contributed by atoms with Crippen LogP contribution in [0, 0.1) is 5.82 Å². The number of hydrogen-bond acceptors (Lipinski definition) is 4. The summed E-state index contributed by atoms with van der Waals surface area (Å²) in [6, 6.07) is 21.6. The zero-order valence-corrected chi connectivity index (χ0v) is 19.0. The van der Waals surface area contributed by atoms with Crippen LogP contribution in [0.3, 0.4) is 0 Å². The van der Waals surface area contributed by atoms with E-state index in [1.54, 1.807) is 17.0 Å². The number of benzene rings is 3. The Bertz CT molecular complexity index is 1300. The SMILES string of the molecule is CCOc1ccccc1OCCn1c(C2CC(=O)N(c3ccc(F)cc3)C2)nc2ccccc21. The molecule has 6 nitrogen and oxygen atoms in total. The van der Waals surface area contributed by atoms with E-state index < -0.39 is 0 Å². The van der Waals surface area contributed by atoms with Crippen LogP contribution in [0.4, 0.5) is 10.1 Å². The predicted octanol–water partition coefficient (Wildman–Crippen LogP) is 5.17. The summed E-state index contributed by atoms with van der Waals surface area (Å²) in [5.74, 6) is 1.91. The molecule has 1 saturated heterocycles. The van der Waals surface area contributed by atoms with Gasteiger partial charge in [-0.1, -0.05) is 24.3 Å². The average molecular weight is 460 g/mol. The van der Waals surface area contributed by atoms with Crippen molar-refractivity contribution in [2.45, 2.75) is 25.8 Å². The Hall–Kier alpha value is -3.87. The molecular weight excluding hydrogens is 433 g/mol. The van der Waals surface area contributed by atoms with Gasteiger partial charge in [0.2, 0.25) is 5.91 Å². The molecule has 1 aromatic heterocycles. The number of fused-ring (bicyclic) bond motifs is 1. The Morgan fingerprint density at radius 3 is 2.44 bits per heavy atom. The quantitative estimate of drug-likeness (QED) is 0.365. The third kappa shape index (κ3) is 4.33. The standard InChI is InChI=1S/C27H26FN3O3/c1-2-33-24-9-5-6-10-25(24)34-16-15-30-23-8-4-3-7-22(23)29-27(30)19-17-26(32)31(18-19)21-13-11-20(28)12-14-21/h3-14,19H,2,15-18H2,1H3. The van der Waals surface area contributed by atoms with Crippen molar-refractivity contribution in [2.24, 2.45) is 0 Å². The molecule has 0 bridgehead atoms. The molecule has 1 aliphatic rings. The largest absolute Gasteiger partial charge is 0.490 e. The molecule has 0 N–H and O–H groups in total. The number of carbonyl (C=O) groups excluding carboxylic acids is 1. The summed E-state index contributed by atoms with van der Waals surface area (Å²) in [6.07, 6.45) is 0.356. The van der Waals surface area contributed by atoms with Gasteiger partial charge >= 0.3 is 0 Å². The van der Waals surface area contributed by atoms with E-state index in [2.05, 4.69) is 4.57 Å². The van der Waals surface area contributed by atoms with Crippen molar-refractivity contribution in [1.82, 2.24) is 9.55 Å². The maximum Gasteiger partial charge on any atom is 0.227 e. The van der Waals surface area contributed by atoms with Crippen LogP contribution < -0.4 is 14.4 Å². The number of hydrogen-bond donors (Lipinski definition) is 0. The molecule has 2 heterocycles. The fourth-order valence-corrected chi connectivity index (χ4v) is 4.48. The number of aromatic nitrogens is 2. The second-order valence-corrected chi connectivity index (χ2v) is 8.22. The van der Waals surface area contributed by atoms with Crippen molar-refractivity contribution in [2.75, 3.05) is 24.7 Å². The van der Waals surface area contributed by atoms with Gasteiger partial charge in [0.05, 0.1) is 24.2 Å². The molecule has 5 rings (SSSR count). The first-order valence-corrected chi connectivity index (χ1v) is 11.5. The number of imidazole rings is 1. The van der Waals surface area contributed by atoms with E-state index in [0.717, 1.165) is 22.6 Å². The lowest BCUT2D eigenvalue weighted by Gasteiger charge is -2.18. The third-order valence-corrected chi connectivity index (χ3v) is 6.03. The maximum atomic E-state index is 13.4. The van der Waals surface area contributed by atoms with Crippen LogP contribution in [-0.4, -0.2) is 35.2 Å². The van der Waals surface area contributed by atoms with Gasteiger partial charge in [-0.15, -0.1) is 0 Å². The summed E-state index contributed by atoms with van der Waals surface area (Å²) >= 11 is 0. The second kappa shape index (κ2) is 9.55. The highest BCUT2D eigenvalue weighted by Gasteiger charge is 2.34. The van der Waals surface area contributed by atoms with Gasteiger partial charge in [0, 0.05) is 24.6 Å². The number of halogens is 1. The molecule has 1 amide bonds. The minimum atomic E-state index is -0.320. The normalized spacial score (nSPS) is 15.8. The van der Waals surface area contributed by atoms with Gasteiger partial charge in [0.25, 0.3) is 0 Å². The molecule has 7 heteroatoms. The fourth-order valence-electron chi connectivity index (χ4n) is 4.48. The van der Waals surface area contributed by atoms with Crippen molar-refractivity contribution in [3.05, 3.63) is 84.4 Å². The van der Waals surface area contributed by atoms with Crippen LogP contribution in [0.1, 0.15) is 25.1 Å². The van der Waals surface area contributed by atoms with Gasteiger partial charge in [0.15, 0.2) is 11.5 Å². The van der Waals surface area contributed by atoms with Gasteiger partial charge in [-0.2, -0.15) is 0 Å². The van der Waals surface area contributed by atoms with Gasteiger partial charge in [0.1, 0.15) is 18.2 Å². The lowest BCUT2D eigenvalue weighted by Crippen LogP contribution is -2.24. The second-order valence-electron chi connectivity index (χ2n) is 8.22. The molecule has 0 spiro atoms. The number of ether oxygens (including phenoxy) is 2. The fraction of sp³-hybridized carbons (Fsp3) is 0.259. The molecule has 1 unspecified atom stereocenters. The van der Waals surface area contributed by atoms with Crippen molar-refractivity contribution >= 4 is 22.6 Å². The monoisotopic (exact) mass is 459 g/mol. The number of anilines is 1. The van der Waals surface area contributed by atoms with E-state index in [1.807, 2.05) is 55.5 Å². The molecular formula is C27H26FN3O3. The Kier molecular flexibility index (Phi) is 6.16. The van der Waals surface area contributed by atoms with Crippen LogP contribution in [0.25, 0.3) is 11.0 Å². The summed E-state index contributed by atoms with van der Waals surface area (Å²) in [4.78, 5) is 19.4. The van der Waals surface area contributed by atoms with Crippen LogP contribution in [-0.2, 0) is 11.3 Å². The summed E-state index contributed by atoms with van der Waals surface area (Å²) in [5.41, 5.74) is 2.60. The molecule has 3 aromatic carbocycles. The third-order valence-electron chi connectivity index (χ3n) is 6.03. The average Bonchev–Trinajstić information content (AvgIpc) is 3.41. The van der Waals surface area contributed by atoms with Gasteiger partial charge < -0.3 is 18.9 Å². The zero-order valence-electron chi connectivity index (χ0n) is 19.0. The highest BCUT2D eigenvalue weighted by atomic mass is 19.1. The van der Waals surface area contributed by atoms with E-state index >= 15 is 0 Å². The Morgan fingerprint density at radius 1 is 0.971 bits per heavy atom. The summed E-state index contributed by atoms with van der Waals surface area (Å²) in [7, 11) is 0. The first-order chi connectivity index (χ1) is 16.6. The smallest absolute Gasteiger partial charge is 0.227 e. The molecule has 1 atom stereocenters. The Balaban J connectivity index is 1.38. The van der Waals surface area contributed by atoms with E-state index in [0.29, 0.717) is 44.2 Å². The Morgan fingerprint density at radius 2 is 1.68 bits per heavy atom. The van der Waals surface area contributed by atoms with E-state index in [1.165, 1.54) is 12.1 Å². The highest BCUT2D eigenvalue weighted by Crippen LogP contribution is 2.33. The Labute approximate surface area is 197 Å². The van der Waals surface area contributed by atoms with E-state index in [4.69, 9.17) is 14.5 Å². The van der Waals surface area contributed by atoms with Crippen molar-refractivity contribution < 1.29 is 18.7 Å². The zero-order chi connectivity index (χ0) is 23.5. The predicted molar refractivity (Wildman–Crippen MR) is 129 cm³/mol. The molecule has 0 aliphatic carbocycles. The lowest BCUT2D eigenvalue weighted by molar-refractivity contribution is -0.117. The van der Waals surface area contributed by atoms with E-state index in [-0.39, 0.29) is 17.6 Å². The number of rotatable bonds is 8. The van der Waals surface area contributed by atoms with Crippen LogP contribution in [0.15, 0.2) is 72.8 Å². The minimum Gasteiger partial charge on any atom is -0.490 e. The molecule has 4 aromatic rings. The topological polar surface area (TPSA) is 56.6 Å². The van der Waals surface area contributed by atoms with Crippen LogP contribution in [0.5, 0.6) is 11.5 Å². The first-order valence-electron chi connectivity index (χ1n) is 11.5. The van der Waals surface area contributed by atoms with Crippen LogP contribution in [0.2, 0.25) is 0 Å². The highest BCUT2D eigenvalue weighted by molar-refractivity contribution is 5.96. The van der Waals surface area contributed by atoms with Gasteiger partial charge in [-0.3, -0.25) is 4.79 Å². The molecule has 174 valence electrons. The summed E-state index contributed by atoms with van der Waals surface area (Å²) in [6.45, 7) is 4.02. The molecule has 0 radical (unpaired) electrons. The molecule has 0 saturated carbocycles. The van der Waals surface area contributed by atoms with E-state index in [9.17, 15) is 9.18 Å². The van der Waals surface area contributed by atoms with Gasteiger partial charge in [-0.25, -0.2) is 9.37 Å². The van der Waals surface area contributed by atoms with Crippen molar-refractivity contribution in [1.29, 1.82) is 0 Å². The first kappa shape index (κ1) is 21.9.